The van der Waals surface area contributed by atoms with Crippen LogP contribution >= 0.6 is 8.25 Å². The van der Waals surface area contributed by atoms with Crippen molar-refractivity contribution in [1.82, 2.24) is 0 Å². The third-order valence-electron chi connectivity index (χ3n) is 0. The first kappa shape index (κ1) is 17.3. The Bertz CT molecular complexity index is 60.8. The molecule has 0 aliphatic heterocycles. The van der Waals surface area contributed by atoms with Gasteiger partial charge in [-0.1, -0.05) is 0 Å². The molecular formula is C2H7Na2O4P. The molecule has 46 valence electrons. The molecule has 9 heavy (non-hydrogen) atoms. The molecule has 7 heteroatoms. The second kappa shape index (κ2) is 12.8. The van der Waals surface area contributed by atoms with Crippen LogP contribution in [0.4, 0.5) is 0 Å². The largest absolute Gasteiger partial charge is 1.00 e. The van der Waals surface area contributed by atoms with E-state index < -0.39 is 8.25 Å². The number of hydrogen-bond acceptors (Lipinski definition) is 2. The minimum absolute atomic E-state index is 0. The third kappa shape index (κ3) is 149. The van der Waals surface area contributed by atoms with Crippen LogP contribution in [0.25, 0.3) is 0 Å². The van der Waals surface area contributed by atoms with Gasteiger partial charge in [-0.2, -0.15) is 0 Å². The van der Waals surface area contributed by atoms with E-state index in [0.717, 1.165) is 27.9 Å². The van der Waals surface area contributed by atoms with E-state index in [2.05, 4.69) is 0 Å². The molecule has 0 aliphatic rings. The van der Waals surface area contributed by atoms with E-state index in [1.165, 1.54) is 0 Å². The minimum atomic E-state index is -3.13. The van der Waals surface area contributed by atoms with Crippen molar-refractivity contribution in [2.45, 2.75) is 10.3 Å². The summed E-state index contributed by atoms with van der Waals surface area (Å²) in [5.41, 5.74) is 0. The molecule has 0 aromatic heterocycles. The van der Waals surface area contributed by atoms with Crippen molar-refractivity contribution in [2.75, 3.05) is 0 Å². The minimum Gasteiger partial charge on any atom is -0.326 e. The Morgan fingerprint density at radius 1 is 1.67 bits per heavy atom. The predicted molar refractivity (Wildman–Crippen MR) is 28.7 cm³/mol. The van der Waals surface area contributed by atoms with Gasteiger partial charge in [0.15, 0.2) is 0 Å². The molecule has 0 aromatic rings. The van der Waals surface area contributed by atoms with Gasteiger partial charge < -0.3 is 9.79 Å². The molecule has 0 radical (unpaired) electrons. The van der Waals surface area contributed by atoms with Crippen LogP contribution in [0.3, 0.4) is 0 Å². The topological polar surface area (TPSA) is 80.6 Å². The Hall–Kier alpha value is 2.11. The molecule has 0 saturated heterocycles. The number of rotatable bonds is 0. The van der Waals surface area contributed by atoms with Gasteiger partial charge >= 0.3 is 81.1 Å². The second-order valence-corrected chi connectivity index (χ2v) is 3.52. The normalized spacial score (nSPS) is 11.0. The Morgan fingerprint density at radius 3 is 1.67 bits per heavy atom. The Kier molecular flexibility index (Phi) is 24.5. The molecule has 0 aliphatic carbocycles. The van der Waals surface area contributed by atoms with Gasteiger partial charge in [0, 0.05) is 0 Å². The van der Waals surface area contributed by atoms with Gasteiger partial charge in [-0.15, -0.1) is 0 Å². The van der Waals surface area contributed by atoms with Crippen LogP contribution in [-0.4, -0.2) is 41.1 Å². The van der Waals surface area contributed by atoms with E-state index in [1.807, 2.05) is 0 Å². The monoisotopic (exact) mass is 172 g/mol. The van der Waals surface area contributed by atoms with E-state index in [1.54, 1.807) is 6.92 Å². The fourth-order valence-electron chi connectivity index (χ4n) is 0. The van der Waals surface area contributed by atoms with Gasteiger partial charge in [-0.3, -0.25) is 4.57 Å². The van der Waals surface area contributed by atoms with Gasteiger partial charge in [0.25, 0.3) is 0 Å². The fraction of sp³-hybridized carbons (Fsp3) is 1.00. The predicted octanol–water partition coefficient (Wildman–Crippen LogP) is -4.77. The molecule has 0 rings (SSSR count). The summed E-state index contributed by atoms with van der Waals surface area (Å²) in [5.74, 6) is 0. The molecule has 0 heterocycles. The molecule has 4 nitrogen and oxygen atoms in total. The fourth-order valence-corrected chi connectivity index (χ4v) is 0. The quantitative estimate of drug-likeness (QED) is 0.284. The molecule has 0 amide bonds. The van der Waals surface area contributed by atoms with E-state index >= 15 is 0 Å². The third-order valence-corrected chi connectivity index (χ3v) is 0. The molecule has 0 spiro atoms. The summed E-state index contributed by atoms with van der Waals surface area (Å²) in [4.78, 5) is 14.3. The van der Waals surface area contributed by atoms with E-state index in [0.29, 0.717) is 0 Å². The molecule has 1 atom stereocenters. The Morgan fingerprint density at radius 2 is 1.67 bits per heavy atom. The van der Waals surface area contributed by atoms with Gasteiger partial charge in [-0.25, -0.2) is 0 Å². The molecule has 0 aromatic carbocycles. The summed E-state index contributed by atoms with van der Waals surface area (Å²) < 4.78 is 8.46. The molecule has 2 N–H and O–H groups in total. The van der Waals surface area contributed by atoms with E-state index in [4.69, 9.17) is 14.4 Å². The summed E-state index contributed by atoms with van der Waals surface area (Å²) in [6, 6.07) is 0. The van der Waals surface area contributed by atoms with Crippen molar-refractivity contribution in [3.05, 3.63) is 0 Å². The van der Waals surface area contributed by atoms with Crippen molar-refractivity contribution in [1.29, 1.82) is 0 Å². The summed E-state index contributed by atoms with van der Waals surface area (Å²) >= 11 is 0.793. The van der Waals surface area contributed by atoms with Crippen LogP contribution in [0, 0.1) is 0 Å². The molecule has 0 fully saturated rings. The van der Waals surface area contributed by atoms with Crippen molar-refractivity contribution in [3.63, 3.8) is 0 Å². The van der Waals surface area contributed by atoms with Crippen molar-refractivity contribution in [3.8, 4) is 0 Å². The van der Waals surface area contributed by atoms with Crippen LogP contribution in [-0.2, 0) is 4.57 Å². The second-order valence-electron chi connectivity index (χ2n) is 1.33. The Labute approximate surface area is 94.3 Å². The Balaban J connectivity index is -0.0000000720. The van der Waals surface area contributed by atoms with E-state index in [9.17, 15) is 5.11 Å². The van der Waals surface area contributed by atoms with Crippen LogP contribution < -0.4 is 34.7 Å². The molecular weight excluding hydrogens is 165 g/mol. The SMILES string of the molecule is C[CH]([O-])[Na].O=[PH](O)O.[Na+]. The molecule has 1 unspecified atom stereocenters. The van der Waals surface area contributed by atoms with Crippen molar-refractivity contribution < 1.29 is 49.0 Å². The maximum Gasteiger partial charge on any atom is 1.00 e. The van der Waals surface area contributed by atoms with Crippen LogP contribution in [0.2, 0.25) is 0 Å². The van der Waals surface area contributed by atoms with Gasteiger partial charge in [0.05, 0.1) is 0 Å². The standard InChI is InChI=1S/C2H4O.2Na.H3O3P/c1-2-3;;;1-4(2)3/h2H,1H3;;;4H,(H2,1,2,3)/q-1;;+1;. The maximum atomic E-state index is 9.59. The molecule has 0 saturated carbocycles. The first-order valence-corrected chi connectivity index (χ1v) is 4.50. The van der Waals surface area contributed by atoms with E-state index in [-0.39, 0.29) is 32.9 Å². The summed E-state index contributed by atoms with van der Waals surface area (Å²) in [5, 5.41) is 9.59. The maximum absolute atomic E-state index is 9.59. The average molecular weight is 172 g/mol. The summed E-state index contributed by atoms with van der Waals surface area (Å²) in [7, 11) is -3.13. The zero-order valence-corrected chi connectivity index (χ0v) is 10.8. The van der Waals surface area contributed by atoms with Crippen LogP contribution in [0.5, 0.6) is 0 Å². The van der Waals surface area contributed by atoms with Crippen molar-refractivity contribution >= 4 is 36.2 Å². The summed E-state index contributed by atoms with van der Waals surface area (Å²) in [6.07, 6.45) is 0. The van der Waals surface area contributed by atoms with Crippen LogP contribution in [0.1, 0.15) is 6.92 Å². The zero-order chi connectivity index (χ0) is 7.15. The van der Waals surface area contributed by atoms with Gasteiger partial charge in [0.2, 0.25) is 0 Å². The molecule has 0 bridgehead atoms. The van der Waals surface area contributed by atoms with Crippen LogP contribution in [0.15, 0.2) is 0 Å². The average Bonchev–Trinajstić information content (AvgIpc) is 1.25. The van der Waals surface area contributed by atoms with Crippen molar-refractivity contribution in [2.24, 2.45) is 0 Å². The van der Waals surface area contributed by atoms with Gasteiger partial charge in [-0.05, 0) is 0 Å². The number of hydrogen-bond donors (Lipinski definition) is 2. The first-order chi connectivity index (χ1) is 3.46. The first-order valence-electron chi connectivity index (χ1n) is 2.04. The summed E-state index contributed by atoms with van der Waals surface area (Å²) in [6.45, 7) is 1.67. The smallest absolute Gasteiger partial charge is 0.326 e. The van der Waals surface area contributed by atoms with Gasteiger partial charge in [0.1, 0.15) is 0 Å². The zero-order valence-electron chi connectivity index (χ0n) is 5.79.